The van der Waals surface area contributed by atoms with E-state index in [0.29, 0.717) is 13.2 Å². The predicted molar refractivity (Wildman–Crippen MR) is 63.7 cm³/mol. The molecule has 1 unspecified atom stereocenters. The fourth-order valence-electron chi connectivity index (χ4n) is 1.81. The Kier molecular flexibility index (Phi) is 3.79. The van der Waals surface area contributed by atoms with E-state index in [2.05, 4.69) is 16.8 Å². The molecule has 0 spiro atoms. The summed E-state index contributed by atoms with van der Waals surface area (Å²) in [7, 11) is 0. The Morgan fingerprint density at radius 3 is 3.31 bits per heavy atom. The topological polar surface area (TPSA) is 41.6 Å². The summed E-state index contributed by atoms with van der Waals surface area (Å²) in [6.45, 7) is 4.50. The minimum Gasteiger partial charge on any atom is -0.450 e. The Labute approximate surface area is 99.2 Å². The average molecular weight is 240 g/mol. The van der Waals surface area contributed by atoms with Gasteiger partial charge < -0.3 is 15.0 Å². The molecule has 1 saturated heterocycles. The summed E-state index contributed by atoms with van der Waals surface area (Å²) in [6, 6.07) is 4.38. The molecule has 88 valence electrons. The first-order valence-corrected chi connectivity index (χ1v) is 6.37. The minimum absolute atomic E-state index is 0.203. The Bertz CT molecular complexity index is 340. The Hall–Kier alpha value is -1.07. The van der Waals surface area contributed by atoms with Crippen molar-refractivity contribution in [3.05, 3.63) is 22.4 Å². The smallest absolute Gasteiger partial charge is 0.409 e. The SMILES string of the molecule is CCOC(=O)N1CCNC(c2cccs2)C1. The van der Waals surface area contributed by atoms with Crippen molar-refractivity contribution in [2.45, 2.75) is 13.0 Å². The highest BCUT2D eigenvalue weighted by atomic mass is 32.1. The maximum atomic E-state index is 11.6. The molecular formula is C11H16N2O2S. The summed E-state index contributed by atoms with van der Waals surface area (Å²) in [5.41, 5.74) is 0. The zero-order valence-electron chi connectivity index (χ0n) is 9.31. The third-order valence-corrected chi connectivity index (χ3v) is 3.57. The number of carbonyl (C=O) groups is 1. The van der Waals surface area contributed by atoms with Crippen molar-refractivity contribution in [3.8, 4) is 0 Å². The first-order chi connectivity index (χ1) is 7.81. The molecule has 2 heterocycles. The fourth-order valence-corrected chi connectivity index (χ4v) is 2.60. The molecule has 0 aromatic carbocycles. The van der Waals surface area contributed by atoms with Crippen molar-refractivity contribution < 1.29 is 9.53 Å². The van der Waals surface area contributed by atoms with Crippen LogP contribution >= 0.6 is 11.3 Å². The van der Waals surface area contributed by atoms with Gasteiger partial charge in [-0.05, 0) is 18.4 Å². The maximum Gasteiger partial charge on any atom is 0.409 e. The van der Waals surface area contributed by atoms with Crippen LogP contribution in [0.2, 0.25) is 0 Å². The third-order valence-electron chi connectivity index (χ3n) is 2.59. The molecule has 1 aliphatic rings. The zero-order chi connectivity index (χ0) is 11.4. The predicted octanol–water partition coefficient (Wildman–Crippen LogP) is 1.85. The van der Waals surface area contributed by atoms with Crippen molar-refractivity contribution >= 4 is 17.4 Å². The second-order valence-corrected chi connectivity index (χ2v) is 4.65. The second-order valence-electron chi connectivity index (χ2n) is 3.67. The summed E-state index contributed by atoms with van der Waals surface area (Å²) >= 11 is 1.72. The van der Waals surface area contributed by atoms with E-state index in [4.69, 9.17) is 4.74 Å². The second kappa shape index (κ2) is 5.32. The monoisotopic (exact) mass is 240 g/mol. The maximum absolute atomic E-state index is 11.6. The first-order valence-electron chi connectivity index (χ1n) is 5.49. The van der Waals surface area contributed by atoms with Crippen molar-refractivity contribution in [2.24, 2.45) is 0 Å². The van der Waals surface area contributed by atoms with E-state index in [9.17, 15) is 4.79 Å². The number of piperazine rings is 1. The Morgan fingerprint density at radius 1 is 1.75 bits per heavy atom. The van der Waals surface area contributed by atoms with E-state index in [0.717, 1.165) is 13.1 Å². The van der Waals surface area contributed by atoms with Gasteiger partial charge in [-0.15, -0.1) is 11.3 Å². The highest BCUT2D eigenvalue weighted by molar-refractivity contribution is 7.10. The van der Waals surface area contributed by atoms with Crippen LogP contribution in [-0.2, 0) is 4.74 Å². The summed E-state index contributed by atoms with van der Waals surface area (Å²) in [4.78, 5) is 14.6. The van der Waals surface area contributed by atoms with Crippen LogP contribution in [0.5, 0.6) is 0 Å². The number of amides is 1. The third kappa shape index (κ3) is 2.54. The molecule has 2 rings (SSSR count). The van der Waals surface area contributed by atoms with Crippen LogP contribution in [0, 0.1) is 0 Å². The molecule has 4 nitrogen and oxygen atoms in total. The van der Waals surface area contributed by atoms with Gasteiger partial charge in [0.05, 0.1) is 12.6 Å². The highest BCUT2D eigenvalue weighted by Gasteiger charge is 2.25. The lowest BCUT2D eigenvalue weighted by Gasteiger charge is -2.32. The van der Waals surface area contributed by atoms with Gasteiger partial charge >= 0.3 is 6.09 Å². The molecule has 0 aliphatic carbocycles. The molecule has 1 fully saturated rings. The van der Waals surface area contributed by atoms with Crippen LogP contribution in [-0.4, -0.2) is 37.2 Å². The molecule has 1 N–H and O–H groups in total. The Morgan fingerprint density at radius 2 is 2.62 bits per heavy atom. The molecule has 1 aromatic heterocycles. The van der Waals surface area contributed by atoms with Gasteiger partial charge in [-0.2, -0.15) is 0 Å². The van der Waals surface area contributed by atoms with E-state index in [1.807, 2.05) is 13.0 Å². The summed E-state index contributed by atoms with van der Waals surface area (Å²) in [5.74, 6) is 0. The van der Waals surface area contributed by atoms with E-state index in [1.54, 1.807) is 16.2 Å². The van der Waals surface area contributed by atoms with Gasteiger partial charge in [-0.3, -0.25) is 0 Å². The quantitative estimate of drug-likeness (QED) is 0.857. The summed E-state index contributed by atoms with van der Waals surface area (Å²) < 4.78 is 5.01. The van der Waals surface area contributed by atoms with E-state index >= 15 is 0 Å². The summed E-state index contributed by atoms with van der Waals surface area (Å²) in [6.07, 6.45) is -0.203. The van der Waals surface area contributed by atoms with Crippen LogP contribution in [0.3, 0.4) is 0 Å². The van der Waals surface area contributed by atoms with Crippen LogP contribution < -0.4 is 5.32 Å². The molecule has 0 bridgehead atoms. The standard InChI is InChI=1S/C11H16N2O2S/c1-2-15-11(14)13-6-5-12-9(8-13)10-4-3-7-16-10/h3-4,7,9,12H,2,5-6,8H2,1H3. The number of nitrogens with zero attached hydrogens (tertiary/aromatic N) is 1. The van der Waals surface area contributed by atoms with Gasteiger partial charge in [-0.1, -0.05) is 6.07 Å². The van der Waals surface area contributed by atoms with Crippen molar-refractivity contribution in [2.75, 3.05) is 26.2 Å². The number of rotatable bonds is 2. The van der Waals surface area contributed by atoms with E-state index < -0.39 is 0 Å². The van der Waals surface area contributed by atoms with Crippen LogP contribution in [0.25, 0.3) is 0 Å². The van der Waals surface area contributed by atoms with E-state index in [-0.39, 0.29) is 12.1 Å². The first kappa shape index (κ1) is 11.4. The molecule has 1 aliphatic heterocycles. The molecule has 16 heavy (non-hydrogen) atoms. The molecule has 1 amide bonds. The van der Waals surface area contributed by atoms with Crippen molar-refractivity contribution in [3.63, 3.8) is 0 Å². The number of thiophene rings is 1. The molecule has 0 saturated carbocycles. The van der Waals surface area contributed by atoms with Gasteiger partial charge in [0, 0.05) is 24.5 Å². The number of hydrogen-bond acceptors (Lipinski definition) is 4. The highest BCUT2D eigenvalue weighted by Crippen LogP contribution is 2.22. The largest absolute Gasteiger partial charge is 0.450 e. The number of hydrogen-bond donors (Lipinski definition) is 1. The van der Waals surface area contributed by atoms with Crippen molar-refractivity contribution in [1.82, 2.24) is 10.2 Å². The van der Waals surface area contributed by atoms with E-state index in [1.165, 1.54) is 4.88 Å². The molecular weight excluding hydrogens is 224 g/mol. The zero-order valence-corrected chi connectivity index (χ0v) is 10.1. The van der Waals surface area contributed by atoms with Crippen LogP contribution in [0.4, 0.5) is 4.79 Å². The molecule has 1 aromatic rings. The normalized spacial score (nSPS) is 20.8. The Balaban J connectivity index is 1.96. The average Bonchev–Trinajstić information content (AvgIpc) is 2.83. The fraction of sp³-hybridized carbons (Fsp3) is 0.545. The molecule has 0 radical (unpaired) electrons. The van der Waals surface area contributed by atoms with Gasteiger partial charge in [0.1, 0.15) is 0 Å². The van der Waals surface area contributed by atoms with Crippen LogP contribution in [0.1, 0.15) is 17.8 Å². The lowest BCUT2D eigenvalue weighted by Crippen LogP contribution is -2.48. The van der Waals surface area contributed by atoms with Gasteiger partial charge in [-0.25, -0.2) is 4.79 Å². The summed E-state index contributed by atoms with van der Waals surface area (Å²) in [5, 5.41) is 5.47. The molecule has 1 atom stereocenters. The lowest BCUT2D eigenvalue weighted by atomic mass is 10.2. The van der Waals surface area contributed by atoms with Gasteiger partial charge in [0.25, 0.3) is 0 Å². The number of ether oxygens (including phenoxy) is 1. The number of carbonyl (C=O) groups excluding carboxylic acids is 1. The number of nitrogens with one attached hydrogen (secondary N) is 1. The van der Waals surface area contributed by atoms with Gasteiger partial charge in [0.2, 0.25) is 0 Å². The minimum atomic E-state index is -0.203. The lowest BCUT2D eigenvalue weighted by molar-refractivity contribution is 0.0951. The molecule has 5 heteroatoms. The van der Waals surface area contributed by atoms with Crippen LogP contribution in [0.15, 0.2) is 17.5 Å². The van der Waals surface area contributed by atoms with Crippen molar-refractivity contribution in [1.29, 1.82) is 0 Å². The van der Waals surface area contributed by atoms with Gasteiger partial charge in [0.15, 0.2) is 0 Å².